The Balaban J connectivity index is 1.84. The van der Waals surface area contributed by atoms with Gasteiger partial charge >= 0.3 is 0 Å². The Hall–Kier alpha value is -2.04. The standard InChI is InChI=1S/C17H22N2O2/c18-16-8-4-5-9-17(16)21-13-11-19(10-12-20)14-15-6-2-1-3-7-15/h1-9,20H,10-14,18H2. The molecule has 3 N–H and O–H groups in total. The molecule has 0 saturated heterocycles. The van der Waals surface area contributed by atoms with Crippen molar-refractivity contribution >= 4 is 5.69 Å². The van der Waals surface area contributed by atoms with Gasteiger partial charge in [-0.15, -0.1) is 0 Å². The molecule has 0 atom stereocenters. The smallest absolute Gasteiger partial charge is 0.142 e. The lowest BCUT2D eigenvalue weighted by Crippen LogP contribution is -2.30. The highest BCUT2D eigenvalue weighted by molar-refractivity contribution is 5.51. The molecule has 2 rings (SSSR count). The zero-order valence-corrected chi connectivity index (χ0v) is 12.1. The molecule has 0 amide bonds. The van der Waals surface area contributed by atoms with Crippen molar-refractivity contribution in [1.82, 2.24) is 4.90 Å². The van der Waals surface area contributed by atoms with Gasteiger partial charge in [0.25, 0.3) is 0 Å². The highest BCUT2D eigenvalue weighted by Crippen LogP contribution is 2.19. The number of aliphatic hydroxyl groups excluding tert-OH is 1. The predicted molar refractivity (Wildman–Crippen MR) is 85.2 cm³/mol. The van der Waals surface area contributed by atoms with Crippen LogP contribution in [-0.2, 0) is 6.54 Å². The lowest BCUT2D eigenvalue weighted by atomic mass is 10.2. The average Bonchev–Trinajstić information content (AvgIpc) is 2.50. The molecular formula is C17H22N2O2. The summed E-state index contributed by atoms with van der Waals surface area (Å²) < 4.78 is 5.70. The predicted octanol–water partition coefficient (Wildman–Crippen LogP) is 2.14. The van der Waals surface area contributed by atoms with Crippen LogP contribution in [0.2, 0.25) is 0 Å². The third-order valence-electron chi connectivity index (χ3n) is 3.25. The maximum Gasteiger partial charge on any atom is 0.142 e. The first kappa shape index (κ1) is 15.4. The van der Waals surface area contributed by atoms with E-state index in [1.54, 1.807) is 0 Å². The second kappa shape index (κ2) is 8.29. The van der Waals surface area contributed by atoms with Gasteiger partial charge in [0.05, 0.1) is 12.3 Å². The van der Waals surface area contributed by atoms with Crippen molar-refractivity contribution < 1.29 is 9.84 Å². The molecule has 0 aromatic heterocycles. The summed E-state index contributed by atoms with van der Waals surface area (Å²) in [5, 5.41) is 9.17. The summed E-state index contributed by atoms with van der Waals surface area (Å²) in [6.07, 6.45) is 0. The third-order valence-corrected chi connectivity index (χ3v) is 3.25. The van der Waals surface area contributed by atoms with Crippen LogP contribution in [-0.4, -0.2) is 36.3 Å². The molecule has 0 radical (unpaired) electrons. The van der Waals surface area contributed by atoms with Gasteiger partial charge < -0.3 is 15.6 Å². The molecule has 0 unspecified atom stereocenters. The number of ether oxygens (including phenoxy) is 1. The first-order chi connectivity index (χ1) is 10.3. The minimum Gasteiger partial charge on any atom is -0.490 e. The molecule has 0 aliphatic carbocycles. The largest absolute Gasteiger partial charge is 0.490 e. The Kier molecular flexibility index (Phi) is 6.06. The molecule has 4 heteroatoms. The van der Waals surface area contributed by atoms with E-state index in [9.17, 15) is 5.11 Å². The van der Waals surface area contributed by atoms with Crippen molar-refractivity contribution in [2.45, 2.75) is 6.54 Å². The Morgan fingerprint density at radius 3 is 2.38 bits per heavy atom. The highest BCUT2D eigenvalue weighted by Gasteiger charge is 2.06. The second-order valence-corrected chi connectivity index (χ2v) is 4.87. The highest BCUT2D eigenvalue weighted by atomic mass is 16.5. The van der Waals surface area contributed by atoms with E-state index >= 15 is 0 Å². The van der Waals surface area contributed by atoms with Crippen molar-refractivity contribution in [1.29, 1.82) is 0 Å². The van der Waals surface area contributed by atoms with Crippen molar-refractivity contribution in [3.8, 4) is 5.75 Å². The van der Waals surface area contributed by atoms with E-state index in [2.05, 4.69) is 17.0 Å². The van der Waals surface area contributed by atoms with Crippen molar-refractivity contribution in [3.63, 3.8) is 0 Å². The molecule has 0 aliphatic rings. The van der Waals surface area contributed by atoms with Gasteiger partial charge in [-0.05, 0) is 17.7 Å². The monoisotopic (exact) mass is 286 g/mol. The number of benzene rings is 2. The fourth-order valence-corrected chi connectivity index (χ4v) is 2.15. The van der Waals surface area contributed by atoms with Crippen LogP contribution in [0.5, 0.6) is 5.75 Å². The van der Waals surface area contributed by atoms with Gasteiger partial charge in [0.1, 0.15) is 12.4 Å². The van der Waals surface area contributed by atoms with Gasteiger partial charge in [0.2, 0.25) is 0 Å². The molecule has 0 bridgehead atoms. The van der Waals surface area contributed by atoms with Crippen LogP contribution in [0.3, 0.4) is 0 Å². The Bertz CT molecular complexity index is 531. The van der Waals surface area contributed by atoms with E-state index < -0.39 is 0 Å². The Morgan fingerprint density at radius 2 is 1.67 bits per heavy atom. The lowest BCUT2D eigenvalue weighted by molar-refractivity contribution is 0.163. The lowest BCUT2D eigenvalue weighted by Gasteiger charge is -2.21. The number of nitrogen functional groups attached to an aromatic ring is 1. The first-order valence-corrected chi connectivity index (χ1v) is 7.14. The average molecular weight is 286 g/mol. The van der Waals surface area contributed by atoms with Crippen LogP contribution in [0.25, 0.3) is 0 Å². The summed E-state index contributed by atoms with van der Waals surface area (Å²) in [5.41, 5.74) is 7.72. The number of rotatable bonds is 8. The molecule has 0 aliphatic heterocycles. The minimum absolute atomic E-state index is 0.139. The summed E-state index contributed by atoms with van der Waals surface area (Å²) in [5.74, 6) is 0.709. The van der Waals surface area contributed by atoms with Crippen molar-refractivity contribution in [2.24, 2.45) is 0 Å². The minimum atomic E-state index is 0.139. The third kappa shape index (κ3) is 5.10. The number of anilines is 1. The zero-order chi connectivity index (χ0) is 14.9. The number of aliphatic hydroxyl groups is 1. The van der Waals surface area contributed by atoms with Crippen LogP contribution in [0.4, 0.5) is 5.69 Å². The van der Waals surface area contributed by atoms with Gasteiger partial charge in [-0.25, -0.2) is 0 Å². The summed E-state index contributed by atoms with van der Waals surface area (Å²) >= 11 is 0. The molecular weight excluding hydrogens is 264 g/mol. The van der Waals surface area contributed by atoms with Gasteiger partial charge in [-0.1, -0.05) is 42.5 Å². The fourth-order valence-electron chi connectivity index (χ4n) is 2.15. The molecule has 112 valence electrons. The van der Waals surface area contributed by atoms with Gasteiger partial charge in [0, 0.05) is 19.6 Å². The fraction of sp³-hybridized carbons (Fsp3) is 0.294. The first-order valence-electron chi connectivity index (χ1n) is 7.14. The topological polar surface area (TPSA) is 58.7 Å². The van der Waals surface area contributed by atoms with E-state index in [4.69, 9.17) is 10.5 Å². The SMILES string of the molecule is Nc1ccccc1OCCN(CCO)Cc1ccccc1. The number of para-hydroxylation sites is 2. The number of nitrogens with zero attached hydrogens (tertiary/aromatic N) is 1. The van der Waals surface area contributed by atoms with E-state index in [1.165, 1.54) is 5.56 Å². The van der Waals surface area contributed by atoms with Crippen LogP contribution < -0.4 is 10.5 Å². The Labute approximate surface area is 125 Å². The molecule has 4 nitrogen and oxygen atoms in total. The van der Waals surface area contributed by atoms with Crippen LogP contribution >= 0.6 is 0 Å². The van der Waals surface area contributed by atoms with Crippen LogP contribution in [0, 0.1) is 0 Å². The van der Waals surface area contributed by atoms with E-state index in [-0.39, 0.29) is 6.61 Å². The molecule has 0 saturated carbocycles. The normalized spacial score (nSPS) is 10.8. The maximum absolute atomic E-state index is 9.17. The second-order valence-electron chi connectivity index (χ2n) is 4.87. The van der Waals surface area contributed by atoms with E-state index in [0.29, 0.717) is 24.6 Å². The maximum atomic E-state index is 9.17. The van der Waals surface area contributed by atoms with Gasteiger partial charge in [0.15, 0.2) is 0 Å². The van der Waals surface area contributed by atoms with Gasteiger partial charge in [-0.3, -0.25) is 4.90 Å². The van der Waals surface area contributed by atoms with Crippen molar-refractivity contribution in [2.75, 3.05) is 32.0 Å². The summed E-state index contributed by atoms with van der Waals surface area (Å²) in [7, 11) is 0. The van der Waals surface area contributed by atoms with Crippen molar-refractivity contribution in [3.05, 3.63) is 60.2 Å². The quantitative estimate of drug-likeness (QED) is 0.730. The number of hydrogen-bond acceptors (Lipinski definition) is 4. The molecule has 21 heavy (non-hydrogen) atoms. The molecule has 0 spiro atoms. The molecule has 2 aromatic rings. The zero-order valence-electron chi connectivity index (χ0n) is 12.1. The van der Waals surface area contributed by atoms with Gasteiger partial charge in [-0.2, -0.15) is 0 Å². The van der Waals surface area contributed by atoms with Crippen LogP contribution in [0.1, 0.15) is 5.56 Å². The number of nitrogens with two attached hydrogens (primary N) is 1. The summed E-state index contributed by atoms with van der Waals surface area (Å²) in [6, 6.07) is 17.7. The molecule has 2 aromatic carbocycles. The van der Waals surface area contributed by atoms with E-state index in [1.807, 2.05) is 42.5 Å². The Morgan fingerprint density at radius 1 is 0.952 bits per heavy atom. The molecule has 0 fully saturated rings. The summed E-state index contributed by atoms with van der Waals surface area (Å²) in [4.78, 5) is 2.16. The number of hydrogen-bond donors (Lipinski definition) is 2. The summed E-state index contributed by atoms with van der Waals surface area (Å²) in [6.45, 7) is 2.85. The van der Waals surface area contributed by atoms with E-state index in [0.717, 1.165) is 13.1 Å². The molecule has 0 heterocycles. The van der Waals surface area contributed by atoms with Crippen LogP contribution in [0.15, 0.2) is 54.6 Å².